The summed E-state index contributed by atoms with van der Waals surface area (Å²) in [6, 6.07) is 0. The second-order valence-electron chi connectivity index (χ2n) is 3.72. The fraction of sp³-hybridized carbons (Fsp3) is 1.00. The largest absolute Gasteiger partial charge is 0.0789 e. The molecule has 0 unspecified atom stereocenters. The molecule has 50 valence electrons. The quantitative estimate of drug-likeness (QED) is 0.439. The van der Waals surface area contributed by atoms with Crippen LogP contribution < -0.4 is 0 Å². The molecule has 0 aromatic carbocycles. The molecule has 1 heteroatoms. The minimum atomic E-state index is 0.408. The van der Waals surface area contributed by atoms with Gasteiger partial charge in [-0.05, 0) is 5.41 Å². The lowest BCUT2D eigenvalue weighted by molar-refractivity contribution is 0.336. The summed E-state index contributed by atoms with van der Waals surface area (Å²) in [5.74, 6) is 0. The number of hydrogen-bond acceptors (Lipinski definition) is 0. The van der Waals surface area contributed by atoms with Gasteiger partial charge in [0.2, 0.25) is 0 Å². The van der Waals surface area contributed by atoms with Crippen LogP contribution in [0.25, 0.3) is 0 Å². The minimum Gasteiger partial charge on any atom is -0.0789 e. The molecular weight excluding hydrogens is 211 g/mol. The van der Waals surface area contributed by atoms with Crippen LogP contribution >= 0.6 is 22.6 Å². The van der Waals surface area contributed by atoms with Crippen molar-refractivity contribution in [2.45, 2.75) is 38.0 Å². The van der Waals surface area contributed by atoms with Gasteiger partial charge >= 0.3 is 0 Å². The fourth-order valence-corrected chi connectivity index (χ4v) is 0. The van der Waals surface area contributed by atoms with Crippen molar-refractivity contribution in [1.29, 1.82) is 0 Å². The Balaban J connectivity index is 4.02. The molecule has 0 spiro atoms. The SMILES string of the molecule is CC(C)(C)C(C)(C)I. The average molecular weight is 226 g/mol. The van der Waals surface area contributed by atoms with Crippen LogP contribution in [0.2, 0.25) is 0 Å². The molecule has 0 bridgehead atoms. The zero-order chi connectivity index (χ0) is 7.00. The standard InChI is InChI=1S/C7H15I/c1-6(2,3)7(4,5)8/h1-5H3. The summed E-state index contributed by atoms with van der Waals surface area (Å²) in [6.45, 7) is 11.3. The highest BCUT2D eigenvalue weighted by molar-refractivity contribution is 14.1. The van der Waals surface area contributed by atoms with Crippen molar-refractivity contribution in [3.63, 3.8) is 0 Å². The van der Waals surface area contributed by atoms with E-state index in [4.69, 9.17) is 0 Å². The van der Waals surface area contributed by atoms with E-state index < -0.39 is 0 Å². The van der Waals surface area contributed by atoms with Gasteiger partial charge in [0.15, 0.2) is 0 Å². The maximum atomic E-state index is 2.48. The van der Waals surface area contributed by atoms with Crippen molar-refractivity contribution in [2.24, 2.45) is 5.41 Å². The first-order valence-electron chi connectivity index (χ1n) is 2.94. The molecule has 0 atom stereocenters. The predicted octanol–water partition coefficient (Wildman–Crippen LogP) is 3.25. The van der Waals surface area contributed by atoms with Gasteiger partial charge in [0.25, 0.3) is 0 Å². The Labute approximate surface area is 66.2 Å². The van der Waals surface area contributed by atoms with Gasteiger partial charge in [-0.25, -0.2) is 0 Å². The van der Waals surface area contributed by atoms with Crippen molar-refractivity contribution >= 4 is 22.6 Å². The van der Waals surface area contributed by atoms with Crippen LogP contribution in [0, 0.1) is 5.41 Å². The first-order chi connectivity index (χ1) is 3.25. The Morgan fingerprint density at radius 1 is 0.875 bits per heavy atom. The molecule has 0 aliphatic heterocycles. The number of halogens is 1. The summed E-state index contributed by atoms with van der Waals surface area (Å²) in [7, 11) is 0. The monoisotopic (exact) mass is 226 g/mol. The summed E-state index contributed by atoms with van der Waals surface area (Å²) >= 11 is 2.48. The Kier molecular flexibility index (Phi) is 2.36. The summed E-state index contributed by atoms with van der Waals surface area (Å²) in [5, 5.41) is 0. The minimum absolute atomic E-state index is 0.408. The maximum absolute atomic E-state index is 2.48. The van der Waals surface area contributed by atoms with Gasteiger partial charge in [0.1, 0.15) is 0 Å². The van der Waals surface area contributed by atoms with E-state index >= 15 is 0 Å². The molecule has 0 saturated carbocycles. The van der Waals surface area contributed by atoms with E-state index in [1.807, 2.05) is 0 Å². The Bertz CT molecular complexity index is 59.4. The first kappa shape index (κ1) is 8.73. The van der Waals surface area contributed by atoms with Gasteiger partial charge in [0.05, 0.1) is 0 Å². The fourth-order valence-electron chi connectivity index (χ4n) is 0. The summed E-state index contributed by atoms with van der Waals surface area (Å²) in [4.78, 5) is 0. The molecule has 8 heavy (non-hydrogen) atoms. The van der Waals surface area contributed by atoms with E-state index in [-0.39, 0.29) is 0 Å². The molecule has 0 rings (SSSR count). The number of rotatable bonds is 0. The third kappa shape index (κ3) is 2.33. The average Bonchev–Trinajstić information content (AvgIpc) is 1.25. The van der Waals surface area contributed by atoms with Crippen LogP contribution in [0.15, 0.2) is 0 Å². The molecule has 0 aromatic heterocycles. The van der Waals surface area contributed by atoms with Gasteiger partial charge < -0.3 is 0 Å². The third-order valence-electron chi connectivity index (χ3n) is 1.78. The molecule has 0 radical (unpaired) electrons. The second kappa shape index (κ2) is 2.16. The normalized spacial score (nSPS) is 14.2. The van der Waals surface area contributed by atoms with Crippen LogP contribution in [0.3, 0.4) is 0 Å². The smallest absolute Gasteiger partial charge is 0.0214 e. The maximum Gasteiger partial charge on any atom is 0.0214 e. The van der Waals surface area contributed by atoms with Crippen LogP contribution in [0.5, 0.6) is 0 Å². The highest BCUT2D eigenvalue weighted by atomic mass is 127. The molecular formula is C7H15I. The molecule has 0 fully saturated rings. The van der Waals surface area contributed by atoms with E-state index in [0.717, 1.165) is 0 Å². The zero-order valence-electron chi connectivity index (χ0n) is 6.38. The molecule has 0 aliphatic carbocycles. The lowest BCUT2D eigenvalue weighted by atomic mass is 9.83. The lowest BCUT2D eigenvalue weighted by Gasteiger charge is -2.32. The highest BCUT2D eigenvalue weighted by Crippen LogP contribution is 2.37. The van der Waals surface area contributed by atoms with Crippen LogP contribution in [0.1, 0.15) is 34.6 Å². The Morgan fingerprint density at radius 3 is 1.00 bits per heavy atom. The van der Waals surface area contributed by atoms with Gasteiger partial charge in [-0.2, -0.15) is 0 Å². The zero-order valence-corrected chi connectivity index (χ0v) is 8.54. The topological polar surface area (TPSA) is 0 Å². The molecule has 0 heterocycles. The highest BCUT2D eigenvalue weighted by Gasteiger charge is 2.28. The van der Waals surface area contributed by atoms with Crippen LogP contribution in [-0.4, -0.2) is 3.42 Å². The van der Waals surface area contributed by atoms with Crippen molar-refractivity contribution in [2.75, 3.05) is 0 Å². The predicted molar refractivity (Wildman–Crippen MR) is 47.6 cm³/mol. The van der Waals surface area contributed by atoms with E-state index in [0.29, 0.717) is 8.84 Å². The molecule has 0 saturated heterocycles. The summed E-state index contributed by atoms with van der Waals surface area (Å²) in [5.41, 5.74) is 0.424. The van der Waals surface area contributed by atoms with Crippen molar-refractivity contribution in [3.05, 3.63) is 0 Å². The van der Waals surface area contributed by atoms with Crippen molar-refractivity contribution < 1.29 is 0 Å². The molecule has 0 N–H and O–H groups in total. The third-order valence-corrected chi connectivity index (χ3v) is 3.40. The van der Waals surface area contributed by atoms with Gasteiger partial charge in [-0.3, -0.25) is 0 Å². The van der Waals surface area contributed by atoms with Gasteiger partial charge in [-0.1, -0.05) is 57.2 Å². The summed E-state index contributed by atoms with van der Waals surface area (Å²) < 4.78 is 0.408. The van der Waals surface area contributed by atoms with Crippen LogP contribution in [0.4, 0.5) is 0 Å². The van der Waals surface area contributed by atoms with E-state index in [1.54, 1.807) is 0 Å². The molecule has 0 amide bonds. The number of hydrogen-bond donors (Lipinski definition) is 0. The Morgan fingerprint density at radius 2 is 1.00 bits per heavy atom. The molecule has 0 nitrogen and oxygen atoms in total. The molecule has 0 aliphatic rings. The van der Waals surface area contributed by atoms with E-state index in [9.17, 15) is 0 Å². The van der Waals surface area contributed by atoms with Crippen molar-refractivity contribution in [1.82, 2.24) is 0 Å². The van der Waals surface area contributed by atoms with Gasteiger partial charge in [-0.15, -0.1) is 0 Å². The Hall–Kier alpha value is 0.730. The van der Waals surface area contributed by atoms with Gasteiger partial charge in [0, 0.05) is 3.42 Å². The van der Waals surface area contributed by atoms with E-state index in [2.05, 4.69) is 57.2 Å². The number of alkyl halides is 1. The van der Waals surface area contributed by atoms with Crippen molar-refractivity contribution in [3.8, 4) is 0 Å². The molecule has 0 aromatic rings. The van der Waals surface area contributed by atoms with Crippen LogP contribution in [-0.2, 0) is 0 Å². The lowest BCUT2D eigenvalue weighted by Crippen LogP contribution is -2.29. The van der Waals surface area contributed by atoms with E-state index in [1.165, 1.54) is 0 Å². The second-order valence-corrected chi connectivity index (χ2v) is 6.42. The first-order valence-corrected chi connectivity index (χ1v) is 4.02. The summed E-state index contributed by atoms with van der Waals surface area (Å²) in [6.07, 6.45) is 0.